The van der Waals surface area contributed by atoms with Gasteiger partial charge in [-0.2, -0.15) is 0 Å². The molecule has 23 heavy (non-hydrogen) atoms. The summed E-state index contributed by atoms with van der Waals surface area (Å²) in [5, 5.41) is 2.05. The highest BCUT2D eigenvalue weighted by Gasteiger charge is 2.14. The number of aryl methyl sites for hydroxylation is 2. The molecule has 3 aromatic rings. The number of aromatic nitrogens is 2. The number of benzene rings is 1. The van der Waals surface area contributed by atoms with Crippen molar-refractivity contribution in [2.45, 2.75) is 19.0 Å². The minimum atomic E-state index is 0.00692. The van der Waals surface area contributed by atoms with Crippen LogP contribution in [0.4, 0.5) is 5.82 Å². The summed E-state index contributed by atoms with van der Waals surface area (Å²) in [5.74, 6) is 0.737. The molecule has 0 aliphatic rings. The highest BCUT2D eigenvalue weighted by atomic mass is 35.5. The topological polar surface area (TPSA) is 68.9 Å². The van der Waals surface area contributed by atoms with Crippen LogP contribution in [0.5, 0.6) is 0 Å². The van der Waals surface area contributed by atoms with Crippen LogP contribution < -0.4 is 5.73 Å². The molecule has 0 radical (unpaired) electrons. The number of thioether (sulfide) groups is 1. The van der Waals surface area contributed by atoms with Crippen molar-refractivity contribution in [2.75, 3.05) is 11.5 Å². The lowest BCUT2D eigenvalue weighted by Gasteiger charge is -2.03. The molecular weight excluding hydrogens is 350 g/mol. The van der Waals surface area contributed by atoms with Gasteiger partial charge in [0.2, 0.25) is 0 Å². The zero-order chi connectivity index (χ0) is 16.6. The molecule has 0 unspecified atom stereocenters. The molecule has 7 heteroatoms. The summed E-state index contributed by atoms with van der Waals surface area (Å²) >= 11 is 8.72. The van der Waals surface area contributed by atoms with Crippen LogP contribution in [0.15, 0.2) is 29.4 Å². The Hall–Kier alpha value is -1.63. The molecule has 2 heterocycles. The van der Waals surface area contributed by atoms with Crippen molar-refractivity contribution < 1.29 is 4.79 Å². The van der Waals surface area contributed by atoms with Gasteiger partial charge >= 0.3 is 0 Å². The lowest BCUT2D eigenvalue weighted by atomic mass is 10.1. The summed E-state index contributed by atoms with van der Waals surface area (Å²) in [6, 6.07) is 6.85. The maximum atomic E-state index is 12.2. The summed E-state index contributed by atoms with van der Waals surface area (Å²) in [6.45, 7) is 4.06. The number of hydrogen-bond acceptors (Lipinski definition) is 6. The molecule has 2 N–H and O–H groups in total. The first-order valence-electron chi connectivity index (χ1n) is 6.90. The van der Waals surface area contributed by atoms with Crippen LogP contribution in [0, 0.1) is 13.8 Å². The first-order valence-corrected chi connectivity index (χ1v) is 9.08. The lowest BCUT2D eigenvalue weighted by Crippen LogP contribution is -2.03. The molecule has 118 valence electrons. The fourth-order valence-electron chi connectivity index (χ4n) is 2.17. The van der Waals surface area contributed by atoms with Crippen molar-refractivity contribution in [1.29, 1.82) is 0 Å². The van der Waals surface area contributed by atoms with E-state index in [1.807, 2.05) is 13.8 Å². The van der Waals surface area contributed by atoms with Gasteiger partial charge in [0.15, 0.2) is 10.9 Å². The van der Waals surface area contributed by atoms with Crippen LogP contribution in [0.3, 0.4) is 0 Å². The van der Waals surface area contributed by atoms with E-state index in [1.165, 1.54) is 16.6 Å². The van der Waals surface area contributed by atoms with Crippen LogP contribution in [-0.2, 0) is 0 Å². The van der Waals surface area contributed by atoms with E-state index in [9.17, 15) is 4.79 Å². The monoisotopic (exact) mass is 363 g/mol. The molecule has 0 aliphatic heterocycles. The third kappa shape index (κ3) is 3.34. The number of nitrogens with zero attached hydrogens (tertiary/aromatic N) is 2. The zero-order valence-electron chi connectivity index (χ0n) is 12.6. The Kier molecular flexibility index (Phi) is 4.57. The quantitative estimate of drug-likeness (QED) is 0.419. The molecule has 0 saturated heterocycles. The standard InChI is InChI=1S/C16H14ClN3OS2/c1-8-9(2)23-15-13(8)14(18)19-16(20-15)22-7-12(21)10-3-5-11(17)6-4-10/h3-6H,7H2,1-2H3,(H2,18,19,20). The summed E-state index contributed by atoms with van der Waals surface area (Å²) in [5.41, 5.74) is 7.79. The van der Waals surface area contributed by atoms with E-state index in [4.69, 9.17) is 17.3 Å². The summed E-state index contributed by atoms with van der Waals surface area (Å²) in [4.78, 5) is 23.1. The Bertz CT molecular complexity index is 890. The SMILES string of the molecule is Cc1sc2nc(SCC(=O)c3ccc(Cl)cc3)nc(N)c2c1C. The molecule has 2 aromatic heterocycles. The Morgan fingerprint density at radius 1 is 1.26 bits per heavy atom. The molecule has 0 atom stereocenters. The highest BCUT2D eigenvalue weighted by molar-refractivity contribution is 7.99. The number of anilines is 1. The molecule has 0 amide bonds. The number of rotatable bonds is 4. The van der Waals surface area contributed by atoms with Crippen LogP contribution in [0.1, 0.15) is 20.8 Å². The fraction of sp³-hybridized carbons (Fsp3) is 0.188. The van der Waals surface area contributed by atoms with E-state index in [1.54, 1.807) is 35.6 Å². The number of Topliss-reactive ketones (excluding diaryl/α,β-unsaturated/α-hetero) is 1. The number of nitrogen functional groups attached to an aromatic ring is 1. The maximum Gasteiger partial charge on any atom is 0.191 e. The van der Waals surface area contributed by atoms with E-state index in [-0.39, 0.29) is 11.5 Å². The number of thiophene rings is 1. The van der Waals surface area contributed by atoms with Gasteiger partial charge in [-0.1, -0.05) is 23.4 Å². The molecular formula is C16H14ClN3OS2. The minimum absolute atomic E-state index is 0.00692. The Morgan fingerprint density at radius 3 is 2.65 bits per heavy atom. The second kappa shape index (κ2) is 6.47. The number of carbonyl (C=O) groups excluding carboxylic acids is 1. The number of fused-ring (bicyclic) bond motifs is 1. The Labute approximate surface area is 147 Å². The average molecular weight is 364 g/mol. The second-order valence-corrected chi connectivity index (χ2v) is 7.66. The normalized spacial score (nSPS) is 11.1. The van der Waals surface area contributed by atoms with Gasteiger partial charge in [0.25, 0.3) is 0 Å². The molecule has 0 bridgehead atoms. The number of halogens is 1. The van der Waals surface area contributed by atoms with E-state index in [2.05, 4.69) is 9.97 Å². The molecule has 4 nitrogen and oxygen atoms in total. The van der Waals surface area contributed by atoms with Crippen LogP contribution >= 0.6 is 34.7 Å². The van der Waals surface area contributed by atoms with Gasteiger partial charge in [-0.15, -0.1) is 11.3 Å². The Balaban J connectivity index is 1.79. The van der Waals surface area contributed by atoms with E-state index >= 15 is 0 Å². The second-order valence-electron chi connectivity index (χ2n) is 5.07. The average Bonchev–Trinajstić information content (AvgIpc) is 2.80. The van der Waals surface area contributed by atoms with Crippen LogP contribution in [-0.4, -0.2) is 21.5 Å². The molecule has 3 rings (SSSR count). The molecule has 0 saturated carbocycles. The first-order chi connectivity index (χ1) is 11.0. The summed E-state index contributed by atoms with van der Waals surface area (Å²) < 4.78 is 0. The molecule has 0 spiro atoms. The highest BCUT2D eigenvalue weighted by Crippen LogP contribution is 2.33. The van der Waals surface area contributed by atoms with Gasteiger partial charge < -0.3 is 5.73 Å². The van der Waals surface area contributed by atoms with Gasteiger partial charge in [0.1, 0.15) is 10.6 Å². The van der Waals surface area contributed by atoms with Gasteiger partial charge in [-0.05, 0) is 43.7 Å². The predicted molar refractivity (Wildman–Crippen MR) is 97.8 cm³/mol. The maximum absolute atomic E-state index is 12.2. The molecule has 0 fully saturated rings. The number of hydrogen-bond donors (Lipinski definition) is 1. The van der Waals surface area contributed by atoms with Gasteiger partial charge in [-0.25, -0.2) is 9.97 Å². The van der Waals surface area contributed by atoms with E-state index in [0.29, 0.717) is 21.6 Å². The van der Waals surface area contributed by atoms with Crippen LogP contribution in [0.2, 0.25) is 5.02 Å². The van der Waals surface area contributed by atoms with Gasteiger partial charge in [0.05, 0.1) is 11.1 Å². The minimum Gasteiger partial charge on any atom is -0.383 e. The van der Waals surface area contributed by atoms with E-state index in [0.717, 1.165) is 15.8 Å². The fourth-order valence-corrected chi connectivity index (χ4v) is 4.14. The van der Waals surface area contributed by atoms with Crippen LogP contribution in [0.25, 0.3) is 10.2 Å². The number of carbonyl (C=O) groups is 1. The number of nitrogens with two attached hydrogens (primary N) is 1. The molecule has 0 aliphatic carbocycles. The first kappa shape index (κ1) is 16.2. The Morgan fingerprint density at radius 2 is 1.96 bits per heavy atom. The number of ketones is 1. The lowest BCUT2D eigenvalue weighted by molar-refractivity contribution is 0.102. The largest absolute Gasteiger partial charge is 0.383 e. The predicted octanol–water partition coefficient (Wildman–Crippen LogP) is 4.52. The van der Waals surface area contributed by atoms with Crippen molar-refractivity contribution in [3.05, 3.63) is 45.3 Å². The van der Waals surface area contributed by atoms with Crippen molar-refractivity contribution >= 4 is 56.5 Å². The van der Waals surface area contributed by atoms with Crippen molar-refractivity contribution in [3.63, 3.8) is 0 Å². The summed E-state index contributed by atoms with van der Waals surface area (Å²) in [6.07, 6.45) is 0. The summed E-state index contributed by atoms with van der Waals surface area (Å²) in [7, 11) is 0. The van der Waals surface area contributed by atoms with Crippen molar-refractivity contribution in [2.24, 2.45) is 0 Å². The van der Waals surface area contributed by atoms with Crippen molar-refractivity contribution in [3.8, 4) is 0 Å². The van der Waals surface area contributed by atoms with Crippen molar-refractivity contribution in [1.82, 2.24) is 9.97 Å². The van der Waals surface area contributed by atoms with Gasteiger partial charge in [-0.3, -0.25) is 4.79 Å². The third-order valence-electron chi connectivity index (χ3n) is 3.53. The van der Waals surface area contributed by atoms with E-state index < -0.39 is 0 Å². The van der Waals surface area contributed by atoms with Gasteiger partial charge in [0, 0.05) is 15.5 Å². The smallest absolute Gasteiger partial charge is 0.191 e. The zero-order valence-corrected chi connectivity index (χ0v) is 15.0. The third-order valence-corrected chi connectivity index (χ3v) is 5.74. The molecule has 1 aromatic carbocycles.